The lowest BCUT2D eigenvalue weighted by Gasteiger charge is -2.08. The van der Waals surface area contributed by atoms with Gasteiger partial charge >= 0.3 is 0 Å². The fourth-order valence-corrected chi connectivity index (χ4v) is 1.88. The van der Waals surface area contributed by atoms with Crippen LogP contribution in [0.2, 0.25) is 0 Å². The van der Waals surface area contributed by atoms with E-state index < -0.39 is 6.10 Å². The zero-order chi connectivity index (χ0) is 10.0. The van der Waals surface area contributed by atoms with E-state index in [1.54, 1.807) is 19.1 Å². The minimum atomic E-state index is -0.511. The molecule has 3 heteroatoms. The van der Waals surface area contributed by atoms with Gasteiger partial charge in [0.15, 0.2) is 0 Å². The van der Waals surface area contributed by atoms with Crippen molar-refractivity contribution < 1.29 is 9.50 Å². The maximum atomic E-state index is 13.4. The Morgan fingerprint density at radius 2 is 2.15 bits per heavy atom. The third-order valence-electron chi connectivity index (χ3n) is 1.76. The second kappa shape index (κ2) is 4.20. The molecule has 0 aliphatic heterocycles. The number of aliphatic hydroxyl groups excluding tert-OH is 1. The van der Waals surface area contributed by atoms with Crippen LogP contribution in [0.15, 0.2) is 16.6 Å². The summed E-state index contributed by atoms with van der Waals surface area (Å²) in [6.45, 7) is 3.55. The van der Waals surface area contributed by atoms with E-state index in [1.165, 1.54) is 0 Å². The van der Waals surface area contributed by atoms with Crippen LogP contribution >= 0.6 is 15.9 Å². The van der Waals surface area contributed by atoms with Crippen molar-refractivity contribution in [3.05, 3.63) is 33.5 Å². The minimum Gasteiger partial charge on any atom is -0.393 e. The van der Waals surface area contributed by atoms with Gasteiger partial charge in [0.05, 0.1) is 10.6 Å². The molecule has 0 bridgehead atoms. The van der Waals surface area contributed by atoms with Gasteiger partial charge in [-0.2, -0.15) is 0 Å². The summed E-state index contributed by atoms with van der Waals surface area (Å²) in [6, 6.07) is 3.48. The van der Waals surface area contributed by atoms with Crippen LogP contribution in [0.25, 0.3) is 0 Å². The Balaban J connectivity index is 3.05. The molecule has 1 aromatic carbocycles. The molecule has 0 spiro atoms. The summed E-state index contributed by atoms with van der Waals surface area (Å²) in [5, 5.41) is 9.13. The van der Waals surface area contributed by atoms with E-state index in [2.05, 4.69) is 15.9 Å². The van der Waals surface area contributed by atoms with Crippen LogP contribution in [0.1, 0.15) is 18.1 Å². The zero-order valence-electron chi connectivity index (χ0n) is 7.64. The smallest absolute Gasteiger partial charge is 0.140 e. The maximum Gasteiger partial charge on any atom is 0.140 e. The van der Waals surface area contributed by atoms with E-state index in [-0.39, 0.29) is 5.82 Å². The minimum absolute atomic E-state index is 0.272. The number of aliphatic hydroxyl groups is 1. The highest BCUT2D eigenvalue weighted by Crippen LogP contribution is 2.22. The first-order chi connectivity index (χ1) is 6.00. The molecule has 0 radical (unpaired) electrons. The van der Waals surface area contributed by atoms with Crippen molar-refractivity contribution in [3.8, 4) is 0 Å². The van der Waals surface area contributed by atoms with Gasteiger partial charge in [-0.3, -0.25) is 0 Å². The average Bonchev–Trinajstić information content (AvgIpc) is 1.98. The average molecular weight is 247 g/mol. The summed E-state index contributed by atoms with van der Waals surface area (Å²) in [5.41, 5.74) is 1.55. The van der Waals surface area contributed by atoms with Gasteiger partial charge in [0.25, 0.3) is 0 Å². The van der Waals surface area contributed by atoms with Gasteiger partial charge in [-0.05, 0) is 47.0 Å². The fourth-order valence-electron chi connectivity index (χ4n) is 1.26. The summed E-state index contributed by atoms with van der Waals surface area (Å²) in [4.78, 5) is 0. The van der Waals surface area contributed by atoms with Crippen LogP contribution in [0.4, 0.5) is 4.39 Å². The first-order valence-electron chi connectivity index (χ1n) is 4.13. The molecule has 1 rings (SSSR count). The van der Waals surface area contributed by atoms with Gasteiger partial charge in [0.2, 0.25) is 0 Å². The molecule has 0 heterocycles. The van der Waals surface area contributed by atoms with Crippen molar-refractivity contribution in [2.24, 2.45) is 0 Å². The van der Waals surface area contributed by atoms with Crippen LogP contribution < -0.4 is 0 Å². The second-order valence-electron chi connectivity index (χ2n) is 3.27. The number of halogens is 2. The lowest BCUT2D eigenvalue weighted by Crippen LogP contribution is -2.06. The number of hydrogen-bond donors (Lipinski definition) is 1. The van der Waals surface area contributed by atoms with Crippen molar-refractivity contribution in [2.75, 3.05) is 0 Å². The number of rotatable bonds is 2. The molecule has 1 N–H and O–H groups in total. The summed E-state index contributed by atoms with van der Waals surface area (Å²) >= 11 is 3.13. The van der Waals surface area contributed by atoms with Gasteiger partial charge in [-0.25, -0.2) is 4.39 Å². The van der Waals surface area contributed by atoms with Crippen molar-refractivity contribution in [1.82, 2.24) is 0 Å². The molecule has 13 heavy (non-hydrogen) atoms. The summed E-state index contributed by atoms with van der Waals surface area (Å²) < 4.78 is 13.8. The van der Waals surface area contributed by atoms with Crippen molar-refractivity contribution in [3.63, 3.8) is 0 Å². The van der Waals surface area contributed by atoms with Crippen molar-refractivity contribution in [1.29, 1.82) is 0 Å². The molecule has 72 valence electrons. The molecular weight excluding hydrogens is 235 g/mol. The van der Waals surface area contributed by atoms with Gasteiger partial charge < -0.3 is 5.11 Å². The first-order valence-corrected chi connectivity index (χ1v) is 4.92. The Labute approximate surface area is 85.7 Å². The monoisotopic (exact) mass is 246 g/mol. The summed E-state index contributed by atoms with van der Waals surface area (Å²) in [7, 11) is 0. The van der Waals surface area contributed by atoms with Crippen molar-refractivity contribution in [2.45, 2.75) is 26.4 Å². The van der Waals surface area contributed by atoms with Crippen LogP contribution in [0.5, 0.6) is 0 Å². The molecule has 0 fully saturated rings. The zero-order valence-corrected chi connectivity index (χ0v) is 9.23. The predicted octanol–water partition coefficient (Wildman–Crippen LogP) is 2.82. The normalized spacial score (nSPS) is 13.0. The predicted molar refractivity (Wildman–Crippen MR) is 54.2 cm³/mol. The Kier molecular flexibility index (Phi) is 3.45. The molecule has 0 aliphatic carbocycles. The third kappa shape index (κ3) is 2.78. The topological polar surface area (TPSA) is 20.2 Å². The molecule has 0 aromatic heterocycles. The fraction of sp³-hybridized carbons (Fsp3) is 0.400. The molecule has 1 unspecified atom stereocenters. The molecule has 0 amide bonds. The first kappa shape index (κ1) is 10.7. The van der Waals surface area contributed by atoms with E-state index in [1.807, 2.05) is 6.92 Å². The molecule has 1 atom stereocenters. The highest BCUT2D eigenvalue weighted by molar-refractivity contribution is 9.10. The number of benzene rings is 1. The SMILES string of the molecule is Cc1cc(Br)c(F)c(CC(C)O)c1. The maximum absolute atomic E-state index is 13.4. The van der Waals surface area contributed by atoms with E-state index in [0.717, 1.165) is 5.56 Å². The van der Waals surface area contributed by atoms with Crippen molar-refractivity contribution >= 4 is 15.9 Å². The van der Waals surface area contributed by atoms with E-state index >= 15 is 0 Å². The van der Waals surface area contributed by atoms with Crippen LogP contribution in [0.3, 0.4) is 0 Å². The van der Waals surface area contributed by atoms with E-state index in [0.29, 0.717) is 16.5 Å². The molecule has 1 nitrogen and oxygen atoms in total. The Hall–Kier alpha value is -0.410. The Morgan fingerprint density at radius 3 is 2.69 bits per heavy atom. The van der Waals surface area contributed by atoms with Crippen LogP contribution in [0, 0.1) is 12.7 Å². The number of aryl methyl sites for hydroxylation is 1. The lowest BCUT2D eigenvalue weighted by molar-refractivity contribution is 0.194. The summed E-state index contributed by atoms with van der Waals surface area (Å²) in [5.74, 6) is -0.272. The highest BCUT2D eigenvalue weighted by atomic mass is 79.9. The summed E-state index contributed by atoms with van der Waals surface area (Å²) in [6.07, 6.45) is -0.158. The van der Waals surface area contributed by atoms with Gasteiger partial charge in [0.1, 0.15) is 5.82 Å². The molecule has 0 saturated heterocycles. The quantitative estimate of drug-likeness (QED) is 0.851. The largest absolute Gasteiger partial charge is 0.393 e. The van der Waals surface area contributed by atoms with Gasteiger partial charge in [0, 0.05) is 6.42 Å². The standard InChI is InChI=1S/C10H12BrFO/c1-6-3-8(5-7(2)13)10(12)9(11)4-6/h3-4,7,13H,5H2,1-2H3. The van der Waals surface area contributed by atoms with Crippen LogP contribution in [-0.2, 0) is 6.42 Å². The van der Waals surface area contributed by atoms with E-state index in [4.69, 9.17) is 5.11 Å². The molecule has 0 saturated carbocycles. The molecule has 1 aromatic rings. The molecule has 0 aliphatic rings. The second-order valence-corrected chi connectivity index (χ2v) is 4.13. The Morgan fingerprint density at radius 1 is 1.54 bits per heavy atom. The molecular formula is C10H12BrFO. The van der Waals surface area contributed by atoms with Gasteiger partial charge in [-0.1, -0.05) is 6.07 Å². The third-order valence-corrected chi connectivity index (χ3v) is 2.34. The highest BCUT2D eigenvalue weighted by Gasteiger charge is 2.09. The number of hydrogen-bond acceptors (Lipinski definition) is 1. The Bertz CT molecular complexity index is 310. The van der Waals surface area contributed by atoms with E-state index in [9.17, 15) is 4.39 Å². The van der Waals surface area contributed by atoms with Gasteiger partial charge in [-0.15, -0.1) is 0 Å². The van der Waals surface area contributed by atoms with Crippen LogP contribution in [-0.4, -0.2) is 11.2 Å². The lowest BCUT2D eigenvalue weighted by atomic mass is 10.1.